The van der Waals surface area contributed by atoms with Crippen molar-refractivity contribution in [3.8, 4) is 5.75 Å². The Balaban J connectivity index is 2.01. The fraction of sp³-hybridized carbons (Fsp3) is 0.188. The van der Waals surface area contributed by atoms with Crippen LogP contribution in [0.25, 0.3) is 0 Å². The lowest BCUT2D eigenvalue weighted by molar-refractivity contribution is -0.116. The number of rotatable bonds is 5. The van der Waals surface area contributed by atoms with Gasteiger partial charge in [-0.3, -0.25) is 4.79 Å². The topological polar surface area (TPSA) is 50.4 Å². The first kappa shape index (κ1) is 15.2. The van der Waals surface area contributed by atoms with Crippen LogP contribution in [0.2, 0.25) is 5.02 Å². The van der Waals surface area contributed by atoms with Crippen LogP contribution >= 0.6 is 11.6 Å². The predicted octanol–water partition coefficient (Wildman–Crippen LogP) is 3.79. The average Bonchev–Trinajstić information content (AvgIpc) is 2.50. The van der Waals surface area contributed by atoms with Crippen LogP contribution in [0, 0.1) is 0 Å². The molecule has 0 spiro atoms. The summed E-state index contributed by atoms with van der Waals surface area (Å²) in [5.41, 5.74) is 1.48. The van der Waals surface area contributed by atoms with Crippen molar-refractivity contribution in [3.63, 3.8) is 0 Å². The Morgan fingerprint density at radius 3 is 2.48 bits per heavy atom. The minimum Gasteiger partial charge on any atom is -0.495 e. The molecule has 0 aliphatic carbocycles. The molecule has 0 radical (unpaired) electrons. The molecule has 4 nitrogen and oxygen atoms in total. The molecular weight excluding hydrogens is 288 g/mol. The van der Waals surface area contributed by atoms with E-state index in [-0.39, 0.29) is 5.91 Å². The Morgan fingerprint density at radius 2 is 1.81 bits per heavy atom. The van der Waals surface area contributed by atoms with Crippen LogP contribution < -0.4 is 15.4 Å². The zero-order chi connectivity index (χ0) is 15.2. The lowest BCUT2D eigenvalue weighted by Gasteiger charge is -2.16. The van der Waals surface area contributed by atoms with Gasteiger partial charge >= 0.3 is 0 Å². The van der Waals surface area contributed by atoms with E-state index < -0.39 is 6.04 Å². The van der Waals surface area contributed by atoms with Crippen molar-refractivity contribution in [3.05, 3.63) is 53.6 Å². The number of hydrogen-bond donors (Lipinski definition) is 2. The summed E-state index contributed by atoms with van der Waals surface area (Å²) in [4.78, 5) is 12.2. The fourth-order valence-electron chi connectivity index (χ4n) is 1.85. The van der Waals surface area contributed by atoms with E-state index in [0.717, 1.165) is 5.69 Å². The van der Waals surface area contributed by atoms with Gasteiger partial charge in [-0.15, -0.1) is 0 Å². The number of methoxy groups -OCH3 is 1. The van der Waals surface area contributed by atoms with Crippen LogP contribution in [0.5, 0.6) is 5.75 Å². The van der Waals surface area contributed by atoms with Crippen molar-refractivity contribution in [2.75, 3.05) is 17.7 Å². The molecule has 2 aromatic carbocycles. The predicted molar refractivity (Wildman–Crippen MR) is 86.2 cm³/mol. The molecule has 0 aliphatic heterocycles. The second-order valence-corrected chi connectivity index (χ2v) is 5.00. The van der Waals surface area contributed by atoms with Crippen molar-refractivity contribution in [2.24, 2.45) is 0 Å². The lowest BCUT2D eigenvalue weighted by atomic mass is 10.2. The van der Waals surface area contributed by atoms with Crippen molar-refractivity contribution >= 4 is 28.9 Å². The minimum absolute atomic E-state index is 0.144. The fourth-order valence-corrected chi connectivity index (χ4v) is 1.98. The maximum absolute atomic E-state index is 12.2. The Hall–Kier alpha value is -2.20. The monoisotopic (exact) mass is 304 g/mol. The number of nitrogens with one attached hydrogen (secondary N) is 2. The van der Waals surface area contributed by atoms with E-state index in [9.17, 15) is 4.79 Å². The molecule has 0 aliphatic rings. The quantitative estimate of drug-likeness (QED) is 0.883. The van der Waals surface area contributed by atoms with Crippen LogP contribution in [0.1, 0.15) is 6.92 Å². The molecule has 0 heterocycles. The Labute approximate surface area is 129 Å². The summed E-state index contributed by atoms with van der Waals surface area (Å²) in [6.07, 6.45) is 0. The largest absolute Gasteiger partial charge is 0.495 e. The second kappa shape index (κ2) is 6.99. The van der Waals surface area contributed by atoms with Gasteiger partial charge in [0.15, 0.2) is 0 Å². The average molecular weight is 305 g/mol. The third-order valence-corrected chi connectivity index (χ3v) is 3.24. The van der Waals surface area contributed by atoms with Crippen LogP contribution in [0.15, 0.2) is 48.5 Å². The van der Waals surface area contributed by atoms with Gasteiger partial charge in [-0.1, -0.05) is 23.7 Å². The molecule has 21 heavy (non-hydrogen) atoms. The molecule has 0 bridgehead atoms. The number of carbonyl (C=O) groups excluding carboxylic acids is 1. The number of ether oxygens (including phenoxy) is 1. The van der Waals surface area contributed by atoms with E-state index in [4.69, 9.17) is 16.3 Å². The van der Waals surface area contributed by atoms with Crippen LogP contribution in [-0.4, -0.2) is 19.1 Å². The van der Waals surface area contributed by atoms with E-state index in [1.54, 1.807) is 38.3 Å². The highest BCUT2D eigenvalue weighted by atomic mass is 35.5. The van der Waals surface area contributed by atoms with Gasteiger partial charge in [-0.25, -0.2) is 0 Å². The highest BCUT2D eigenvalue weighted by Gasteiger charge is 2.14. The van der Waals surface area contributed by atoms with Crippen molar-refractivity contribution in [1.82, 2.24) is 0 Å². The van der Waals surface area contributed by atoms with E-state index in [1.165, 1.54) is 0 Å². The summed E-state index contributed by atoms with van der Waals surface area (Å²) >= 11 is 5.83. The highest BCUT2D eigenvalue weighted by Crippen LogP contribution is 2.23. The molecule has 0 saturated heterocycles. The molecule has 0 aromatic heterocycles. The summed E-state index contributed by atoms with van der Waals surface area (Å²) in [5.74, 6) is 0.485. The number of hydrogen-bond acceptors (Lipinski definition) is 3. The van der Waals surface area contributed by atoms with Crippen LogP contribution in [0.4, 0.5) is 11.4 Å². The van der Waals surface area contributed by atoms with Gasteiger partial charge in [0, 0.05) is 10.7 Å². The van der Waals surface area contributed by atoms with E-state index >= 15 is 0 Å². The molecule has 1 amide bonds. The van der Waals surface area contributed by atoms with Gasteiger partial charge in [0.05, 0.1) is 12.8 Å². The summed E-state index contributed by atoms with van der Waals surface area (Å²) < 4.78 is 5.21. The highest BCUT2D eigenvalue weighted by molar-refractivity contribution is 6.30. The number of para-hydroxylation sites is 2. The SMILES string of the molecule is COc1ccccc1NC(=O)[C@H](C)Nc1ccc(Cl)cc1. The number of anilines is 2. The van der Waals surface area contributed by atoms with Gasteiger partial charge < -0.3 is 15.4 Å². The smallest absolute Gasteiger partial charge is 0.246 e. The molecule has 2 N–H and O–H groups in total. The summed E-state index contributed by atoms with van der Waals surface area (Å²) in [6.45, 7) is 1.79. The first-order valence-electron chi connectivity index (χ1n) is 6.56. The summed E-state index contributed by atoms with van der Waals surface area (Å²) in [5, 5.41) is 6.61. The molecule has 0 unspecified atom stereocenters. The van der Waals surface area contributed by atoms with Gasteiger partial charge in [-0.2, -0.15) is 0 Å². The molecule has 0 saturated carbocycles. The zero-order valence-corrected chi connectivity index (χ0v) is 12.6. The maximum atomic E-state index is 12.2. The van der Waals surface area contributed by atoms with Gasteiger partial charge in [-0.05, 0) is 43.3 Å². The zero-order valence-electron chi connectivity index (χ0n) is 11.9. The standard InChI is InChI=1S/C16H17ClN2O2/c1-11(18-13-9-7-12(17)8-10-13)16(20)19-14-5-3-4-6-15(14)21-2/h3-11,18H,1-2H3,(H,19,20)/t11-/m0/s1. The lowest BCUT2D eigenvalue weighted by Crippen LogP contribution is -2.31. The third-order valence-electron chi connectivity index (χ3n) is 2.99. The number of benzene rings is 2. The number of carbonyl (C=O) groups is 1. The van der Waals surface area contributed by atoms with E-state index in [2.05, 4.69) is 10.6 Å². The van der Waals surface area contributed by atoms with E-state index in [1.807, 2.05) is 24.3 Å². The Morgan fingerprint density at radius 1 is 1.14 bits per heavy atom. The molecule has 1 atom stereocenters. The summed E-state index contributed by atoms with van der Waals surface area (Å²) in [7, 11) is 1.57. The number of halogens is 1. The van der Waals surface area contributed by atoms with Gasteiger partial charge in [0.25, 0.3) is 0 Å². The second-order valence-electron chi connectivity index (χ2n) is 4.56. The van der Waals surface area contributed by atoms with Gasteiger partial charge in [0.2, 0.25) is 5.91 Å². The Kier molecular flexibility index (Phi) is 5.06. The van der Waals surface area contributed by atoms with Crippen molar-refractivity contribution in [1.29, 1.82) is 0 Å². The normalized spacial score (nSPS) is 11.6. The molecule has 110 valence electrons. The molecule has 0 fully saturated rings. The maximum Gasteiger partial charge on any atom is 0.246 e. The summed E-state index contributed by atoms with van der Waals surface area (Å²) in [6, 6.07) is 14.1. The van der Waals surface area contributed by atoms with Crippen molar-refractivity contribution < 1.29 is 9.53 Å². The molecule has 5 heteroatoms. The number of amides is 1. The van der Waals surface area contributed by atoms with E-state index in [0.29, 0.717) is 16.5 Å². The van der Waals surface area contributed by atoms with Crippen molar-refractivity contribution in [2.45, 2.75) is 13.0 Å². The van der Waals surface area contributed by atoms with Crippen LogP contribution in [-0.2, 0) is 4.79 Å². The molecule has 2 aromatic rings. The first-order valence-corrected chi connectivity index (χ1v) is 6.94. The third kappa shape index (κ3) is 4.13. The van der Waals surface area contributed by atoms with Crippen LogP contribution in [0.3, 0.4) is 0 Å². The Bertz CT molecular complexity index is 614. The first-order chi connectivity index (χ1) is 10.1. The minimum atomic E-state index is -0.393. The molecular formula is C16H17ClN2O2. The van der Waals surface area contributed by atoms with Gasteiger partial charge in [0.1, 0.15) is 11.8 Å². The molecule has 2 rings (SSSR count).